The van der Waals surface area contributed by atoms with Gasteiger partial charge in [-0.15, -0.1) is 0 Å². The van der Waals surface area contributed by atoms with Gasteiger partial charge in [0.05, 0.1) is 11.1 Å². The normalized spacial score (nSPS) is 9.95. The minimum absolute atomic E-state index is 0.132. The molecule has 0 unspecified atom stereocenters. The minimum atomic E-state index is -1.03. The van der Waals surface area contributed by atoms with E-state index in [1.54, 1.807) is 24.3 Å². The number of hydrogen-bond acceptors (Lipinski definition) is 3. The van der Waals surface area contributed by atoms with Crippen molar-refractivity contribution in [2.24, 2.45) is 0 Å². The van der Waals surface area contributed by atoms with E-state index in [-0.39, 0.29) is 11.5 Å². The molecule has 0 atom stereocenters. The third-order valence-electron chi connectivity index (χ3n) is 2.91. The van der Waals surface area contributed by atoms with Gasteiger partial charge in [-0.05, 0) is 37.3 Å². The number of para-hydroxylation sites is 1. The van der Waals surface area contributed by atoms with E-state index in [9.17, 15) is 9.59 Å². The Morgan fingerprint density at radius 3 is 2.57 bits per heavy atom. The highest BCUT2D eigenvalue weighted by molar-refractivity contribution is 6.08. The summed E-state index contributed by atoms with van der Waals surface area (Å²) in [5.41, 5.74) is 1.84. The van der Waals surface area contributed by atoms with Gasteiger partial charge in [0.2, 0.25) is 0 Å². The fraction of sp³-hybridized carbons (Fsp3) is 0.125. The lowest BCUT2D eigenvalue weighted by Crippen LogP contribution is -2.15. The van der Waals surface area contributed by atoms with E-state index in [0.717, 1.165) is 5.69 Å². The largest absolute Gasteiger partial charge is 0.478 e. The molecule has 0 aliphatic rings. The highest BCUT2D eigenvalue weighted by Crippen LogP contribution is 2.18. The molecule has 0 aliphatic heterocycles. The molecular weight excluding hydrogens is 268 g/mol. The maximum absolute atomic E-state index is 12.3. The maximum Gasteiger partial charge on any atom is 0.335 e. The van der Waals surface area contributed by atoms with Gasteiger partial charge in [-0.1, -0.05) is 18.2 Å². The molecular formula is C16H16N2O3. The zero-order chi connectivity index (χ0) is 15.2. The van der Waals surface area contributed by atoms with Crippen molar-refractivity contribution >= 4 is 23.3 Å². The molecule has 2 aromatic carbocycles. The highest BCUT2D eigenvalue weighted by Gasteiger charge is 2.11. The standard InChI is InChI=1S/C16H16N2O3/c1-2-17-14-9-4-3-8-13(14)15(19)18-12-7-5-6-11(10-12)16(20)21/h3-10,17H,2H2,1H3,(H,18,19)(H,20,21). The van der Waals surface area contributed by atoms with Crippen molar-refractivity contribution < 1.29 is 14.7 Å². The zero-order valence-corrected chi connectivity index (χ0v) is 11.6. The van der Waals surface area contributed by atoms with Crippen LogP contribution in [0.25, 0.3) is 0 Å². The average molecular weight is 284 g/mol. The maximum atomic E-state index is 12.3. The van der Waals surface area contributed by atoms with Crippen LogP contribution in [0.1, 0.15) is 27.6 Å². The number of anilines is 2. The topological polar surface area (TPSA) is 78.4 Å². The van der Waals surface area contributed by atoms with E-state index in [1.165, 1.54) is 12.1 Å². The van der Waals surface area contributed by atoms with Crippen LogP contribution in [0.2, 0.25) is 0 Å². The number of carboxylic acids is 1. The Bertz CT molecular complexity index is 668. The molecule has 0 saturated carbocycles. The first-order valence-corrected chi connectivity index (χ1v) is 6.59. The second-order valence-corrected chi connectivity index (χ2v) is 4.42. The molecule has 3 N–H and O–H groups in total. The van der Waals surface area contributed by atoms with Crippen molar-refractivity contribution in [2.45, 2.75) is 6.92 Å². The first-order valence-electron chi connectivity index (χ1n) is 6.59. The lowest BCUT2D eigenvalue weighted by molar-refractivity contribution is 0.0696. The van der Waals surface area contributed by atoms with Gasteiger partial charge < -0.3 is 15.7 Å². The number of amides is 1. The van der Waals surface area contributed by atoms with Crippen LogP contribution in [0.3, 0.4) is 0 Å². The summed E-state index contributed by atoms with van der Waals surface area (Å²) in [5, 5.41) is 14.8. The minimum Gasteiger partial charge on any atom is -0.478 e. The van der Waals surface area contributed by atoms with E-state index in [0.29, 0.717) is 17.8 Å². The SMILES string of the molecule is CCNc1ccccc1C(=O)Nc1cccc(C(=O)O)c1. The molecule has 5 heteroatoms. The van der Waals surface area contributed by atoms with Crippen molar-refractivity contribution in [3.8, 4) is 0 Å². The molecule has 0 bridgehead atoms. The molecule has 0 radical (unpaired) electrons. The van der Waals surface area contributed by atoms with Gasteiger partial charge >= 0.3 is 5.97 Å². The molecule has 2 aromatic rings. The summed E-state index contributed by atoms with van der Waals surface area (Å²) in [7, 11) is 0. The van der Waals surface area contributed by atoms with Gasteiger partial charge in [0.1, 0.15) is 0 Å². The Morgan fingerprint density at radius 2 is 1.86 bits per heavy atom. The van der Waals surface area contributed by atoms with Gasteiger partial charge in [-0.25, -0.2) is 4.79 Å². The first-order chi connectivity index (χ1) is 10.1. The van der Waals surface area contributed by atoms with E-state index in [1.807, 2.05) is 19.1 Å². The predicted molar refractivity (Wildman–Crippen MR) is 82.0 cm³/mol. The molecule has 0 aromatic heterocycles. The number of hydrogen-bond donors (Lipinski definition) is 3. The van der Waals surface area contributed by atoms with Gasteiger partial charge in [0.25, 0.3) is 5.91 Å². The van der Waals surface area contributed by atoms with Crippen LogP contribution in [0.4, 0.5) is 11.4 Å². The molecule has 0 saturated heterocycles. The Labute approximate surface area is 122 Å². The lowest BCUT2D eigenvalue weighted by atomic mass is 10.1. The van der Waals surface area contributed by atoms with E-state index >= 15 is 0 Å². The number of carbonyl (C=O) groups excluding carboxylic acids is 1. The molecule has 0 heterocycles. The van der Waals surface area contributed by atoms with Gasteiger partial charge in [0.15, 0.2) is 0 Å². The Hall–Kier alpha value is -2.82. The second-order valence-electron chi connectivity index (χ2n) is 4.42. The monoisotopic (exact) mass is 284 g/mol. The van der Waals surface area contributed by atoms with E-state index in [2.05, 4.69) is 10.6 Å². The number of aromatic carboxylic acids is 1. The molecule has 0 aliphatic carbocycles. The Kier molecular flexibility index (Phi) is 4.56. The van der Waals surface area contributed by atoms with Gasteiger partial charge in [0, 0.05) is 17.9 Å². The quantitative estimate of drug-likeness (QED) is 0.788. The smallest absolute Gasteiger partial charge is 0.335 e. The first kappa shape index (κ1) is 14.6. The third kappa shape index (κ3) is 3.60. The molecule has 5 nitrogen and oxygen atoms in total. The van der Waals surface area contributed by atoms with Crippen LogP contribution in [-0.4, -0.2) is 23.5 Å². The van der Waals surface area contributed by atoms with Crippen molar-refractivity contribution in [1.29, 1.82) is 0 Å². The van der Waals surface area contributed by atoms with Gasteiger partial charge in [-0.3, -0.25) is 4.79 Å². The van der Waals surface area contributed by atoms with Crippen LogP contribution >= 0.6 is 0 Å². The van der Waals surface area contributed by atoms with Crippen molar-refractivity contribution in [1.82, 2.24) is 0 Å². The fourth-order valence-corrected chi connectivity index (χ4v) is 1.95. The van der Waals surface area contributed by atoms with E-state index < -0.39 is 5.97 Å². The van der Waals surface area contributed by atoms with Gasteiger partial charge in [-0.2, -0.15) is 0 Å². The summed E-state index contributed by atoms with van der Waals surface area (Å²) in [6, 6.07) is 13.3. The van der Waals surface area contributed by atoms with Crippen molar-refractivity contribution in [2.75, 3.05) is 17.2 Å². The van der Waals surface area contributed by atoms with Crippen LogP contribution in [0.15, 0.2) is 48.5 Å². The number of carbonyl (C=O) groups is 2. The Morgan fingerprint density at radius 1 is 1.10 bits per heavy atom. The Balaban J connectivity index is 2.22. The summed E-state index contributed by atoms with van der Waals surface area (Å²) in [4.78, 5) is 23.2. The summed E-state index contributed by atoms with van der Waals surface area (Å²) in [6.45, 7) is 2.66. The predicted octanol–water partition coefficient (Wildman–Crippen LogP) is 3.07. The summed E-state index contributed by atoms with van der Waals surface area (Å²) in [6.07, 6.45) is 0. The van der Waals surface area contributed by atoms with Crippen LogP contribution < -0.4 is 10.6 Å². The molecule has 108 valence electrons. The number of nitrogens with one attached hydrogen (secondary N) is 2. The summed E-state index contributed by atoms with van der Waals surface area (Å²) in [5.74, 6) is -1.31. The van der Waals surface area contributed by atoms with Crippen LogP contribution in [0, 0.1) is 0 Å². The van der Waals surface area contributed by atoms with Crippen LogP contribution in [-0.2, 0) is 0 Å². The summed E-state index contributed by atoms with van der Waals surface area (Å²) >= 11 is 0. The second kappa shape index (κ2) is 6.56. The van der Waals surface area contributed by atoms with Crippen LogP contribution in [0.5, 0.6) is 0 Å². The highest BCUT2D eigenvalue weighted by atomic mass is 16.4. The molecule has 2 rings (SSSR count). The number of carboxylic acid groups (broad SMARTS) is 1. The zero-order valence-electron chi connectivity index (χ0n) is 11.6. The molecule has 0 fully saturated rings. The van der Waals surface area contributed by atoms with E-state index in [4.69, 9.17) is 5.11 Å². The number of rotatable bonds is 5. The number of benzene rings is 2. The summed E-state index contributed by atoms with van der Waals surface area (Å²) < 4.78 is 0. The molecule has 0 spiro atoms. The molecule has 21 heavy (non-hydrogen) atoms. The molecule has 1 amide bonds. The average Bonchev–Trinajstić information content (AvgIpc) is 2.48. The van der Waals surface area contributed by atoms with Crippen molar-refractivity contribution in [3.05, 3.63) is 59.7 Å². The third-order valence-corrected chi connectivity index (χ3v) is 2.91. The lowest BCUT2D eigenvalue weighted by Gasteiger charge is -2.11. The van der Waals surface area contributed by atoms with Crippen molar-refractivity contribution in [3.63, 3.8) is 0 Å². The fourth-order valence-electron chi connectivity index (χ4n) is 1.95.